The van der Waals surface area contributed by atoms with Gasteiger partial charge in [0, 0.05) is 4.90 Å². The summed E-state index contributed by atoms with van der Waals surface area (Å²) < 4.78 is 0. The molecule has 0 radical (unpaired) electrons. The van der Waals surface area contributed by atoms with Gasteiger partial charge in [-0.3, -0.25) is 0 Å². The van der Waals surface area contributed by atoms with E-state index < -0.39 is 0 Å². The van der Waals surface area contributed by atoms with E-state index in [2.05, 4.69) is 39.0 Å². The van der Waals surface area contributed by atoms with Crippen molar-refractivity contribution in [3.63, 3.8) is 0 Å². The van der Waals surface area contributed by atoms with Gasteiger partial charge in [0.05, 0.1) is 0 Å². The van der Waals surface area contributed by atoms with Gasteiger partial charge >= 0.3 is 0 Å². The molecule has 0 fully saturated rings. The van der Waals surface area contributed by atoms with Crippen molar-refractivity contribution in [2.45, 2.75) is 43.9 Å². The predicted molar refractivity (Wildman–Crippen MR) is 64.2 cm³/mol. The third-order valence-corrected chi connectivity index (χ3v) is 3.97. The van der Waals surface area contributed by atoms with Gasteiger partial charge in [0.25, 0.3) is 0 Å². The van der Waals surface area contributed by atoms with E-state index in [-0.39, 0.29) is 5.41 Å². The number of rotatable bonds is 0. The fourth-order valence-electron chi connectivity index (χ4n) is 1.81. The second-order valence-corrected chi connectivity index (χ2v) is 6.16. The molecule has 1 aliphatic heterocycles. The van der Waals surface area contributed by atoms with Crippen molar-refractivity contribution in [3.8, 4) is 0 Å². The third kappa shape index (κ3) is 1.98. The Morgan fingerprint density at radius 3 is 2.71 bits per heavy atom. The number of aryl methyl sites for hydroxylation is 1. The summed E-state index contributed by atoms with van der Waals surface area (Å²) in [5.74, 6) is 1.29. The lowest BCUT2D eigenvalue weighted by molar-refractivity contribution is 0.588. The lowest BCUT2D eigenvalue weighted by Crippen LogP contribution is -2.12. The third-order valence-electron chi connectivity index (χ3n) is 2.78. The Kier molecular flexibility index (Phi) is 2.61. The fraction of sp³-hybridized carbons (Fsp3) is 0.538. The van der Waals surface area contributed by atoms with Crippen LogP contribution in [0.25, 0.3) is 0 Å². The summed E-state index contributed by atoms with van der Waals surface area (Å²) in [5, 5.41) is 0. The molecule has 1 heterocycles. The molecular weight excluding hydrogens is 188 g/mol. The molecule has 1 aromatic rings. The maximum absolute atomic E-state index is 2.39. The lowest BCUT2D eigenvalue weighted by Gasteiger charge is -2.23. The van der Waals surface area contributed by atoms with Crippen molar-refractivity contribution in [2.24, 2.45) is 0 Å². The largest absolute Gasteiger partial charge is 0.126 e. The quantitative estimate of drug-likeness (QED) is 0.618. The van der Waals surface area contributed by atoms with Crippen LogP contribution in [0.5, 0.6) is 0 Å². The van der Waals surface area contributed by atoms with Crippen LogP contribution in [0, 0.1) is 0 Å². The topological polar surface area (TPSA) is 0 Å². The first-order valence-electron chi connectivity index (χ1n) is 5.33. The van der Waals surface area contributed by atoms with Crippen LogP contribution in [0.4, 0.5) is 0 Å². The molecule has 0 unspecified atom stereocenters. The van der Waals surface area contributed by atoms with E-state index in [0.717, 1.165) is 0 Å². The van der Waals surface area contributed by atoms with Gasteiger partial charge in [-0.15, -0.1) is 11.8 Å². The monoisotopic (exact) mass is 206 g/mol. The molecule has 0 saturated heterocycles. The standard InChI is InChI=1S/C13H18S/c1-13(2,3)11-7-6-10-5-4-8-14-12(10)9-11/h6-7,9H,4-5,8H2,1-3H3. The summed E-state index contributed by atoms with van der Waals surface area (Å²) in [6.07, 6.45) is 2.61. The minimum Gasteiger partial charge on any atom is -0.126 e. The molecule has 0 spiro atoms. The predicted octanol–water partition coefficient (Wildman–Crippen LogP) is 4.02. The van der Waals surface area contributed by atoms with Gasteiger partial charge in [0.2, 0.25) is 0 Å². The van der Waals surface area contributed by atoms with Crippen molar-refractivity contribution < 1.29 is 0 Å². The highest BCUT2D eigenvalue weighted by molar-refractivity contribution is 7.99. The zero-order chi connectivity index (χ0) is 10.2. The molecule has 0 saturated carbocycles. The van der Waals surface area contributed by atoms with Gasteiger partial charge in [-0.25, -0.2) is 0 Å². The van der Waals surface area contributed by atoms with Crippen molar-refractivity contribution in [1.29, 1.82) is 0 Å². The summed E-state index contributed by atoms with van der Waals surface area (Å²) in [5.41, 5.74) is 3.30. The van der Waals surface area contributed by atoms with Gasteiger partial charge in [-0.2, -0.15) is 0 Å². The molecule has 76 valence electrons. The van der Waals surface area contributed by atoms with E-state index in [1.807, 2.05) is 11.8 Å². The maximum atomic E-state index is 2.39. The van der Waals surface area contributed by atoms with Gasteiger partial charge < -0.3 is 0 Å². The molecule has 0 atom stereocenters. The molecule has 0 amide bonds. The lowest BCUT2D eigenvalue weighted by atomic mass is 9.86. The molecule has 0 nitrogen and oxygen atoms in total. The van der Waals surface area contributed by atoms with Crippen LogP contribution < -0.4 is 0 Å². The smallest absolute Gasteiger partial charge is 0.0107 e. The molecule has 1 heteroatoms. The molecule has 0 aliphatic carbocycles. The number of hydrogen-bond donors (Lipinski definition) is 0. The van der Waals surface area contributed by atoms with E-state index in [9.17, 15) is 0 Å². The summed E-state index contributed by atoms with van der Waals surface area (Å²) in [4.78, 5) is 1.52. The Hall–Kier alpha value is -0.430. The Balaban J connectivity index is 2.39. The van der Waals surface area contributed by atoms with Crippen LogP contribution >= 0.6 is 11.8 Å². The van der Waals surface area contributed by atoms with Crippen molar-refractivity contribution >= 4 is 11.8 Å². The highest BCUT2D eigenvalue weighted by Crippen LogP contribution is 2.33. The first-order chi connectivity index (χ1) is 6.57. The number of benzene rings is 1. The number of thioether (sulfide) groups is 1. The second-order valence-electron chi connectivity index (χ2n) is 5.02. The molecule has 0 aromatic heterocycles. The number of fused-ring (bicyclic) bond motifs is 1. The van der Waals surface area contributed by atoms with Crippen molar-refractivity contribution in [1.82, 2.24) is 0 Å². The number of hydrogen-bond acceptors (Lipinski definition) is 1. The van der Waals surface area contributed by atoms with Gasteiger partial charge in [-0.05, 0) is 41.2 Å². The summed E-state index contributed by atoms with van der Waals surface area (Å²) in [6, 6.07) is 7.01. The Labute approximate surface area is 91.1 Å². The minimum atomic E-state index is 0.285. The Morgan fingerprint density at radius 1 is 1.21 bits per heavy atom. The van der Waals surface area contributed by atoms with Crippen LogP contribution in [0.1, 0.15) is 38.3 Å². The maximum Gasteiger partial charge on any atom is 0.0107 e. The molecule has 2 rings (SSSR count). The van der Waals surface area contributed by atoms with Crippen LogP contribution in [-0.2, 0) is 11.8 Å². The second kappa shape index (κ2) is 3.62. The summed E-state index contributed by atoms with van der Waals surface area (Å²) >= 11 is 2.02. The van der Waals surface area contributed by atoms with E-state index in [1.165, 1.54) is 29.1 Å². The van der Waals surface area contributed by atoms with Crippen LogP contribution in [-0.4, -0.2) is 5.75 Å². The van der Waals surface area contributed by atoms with Crippen molar-refractivity contribution in [2.75, 3.05) is 5.75 Å². The van der Waals surface area contributed by atoms with E-state index in [0.29, 0.717) is 0 Å². The van der Waals surface area contributed by atoms with Gasteiger partial charge in [0.15, 0.2) is 0 Å². The summed E-state index contributed by atoms with van der Waals surface area (Å²) in [6.45, 7) is 6.84. The SMILES string of the molecule is CC(C)(C)c1ccc2c(c1)SCCC2. The zero-order valence-electron chi connectivity index (χ0n) is 9.26. The first kappa shape index (κ1) is 10.1. The first-order valence-corrected chi connectivity index (χ1v) is 6.32. The Bertz CT molecular complexity index is 334. The highest BCUT2D eigenvalue weighted by Gasteiger charge is 2.16. The zero-order valence-corrected chi connectivity index (χ0v) is 10.1. The highest BCUT2D eigenvalue weighted by atomic mass is 32.2. The molecule has 1 aliphatic rings. The van der Waals surface area contributed by atoms with Crippen molar-refractivity contribution in [3.05, 3.63) is 29.3 Å². The van der Waals surface area contributed by atoms with E-state index in [4.69, 9.17) is 0 Å². The molecular formula is C13H18S. The van der Waals surface area contributed by atoms with Gasteiger partial charge in [-0.1, -0.05) is 32.9 Å². The minimum absolute atomic E-state index is 0.285. The molecule has 14 heavy (non-hydrogen) atoms. The van der Waals surface area contributed by atoms with Crippen LogP contribution in [0.15, 0.2) is 23.1 Å². The van der Waals surface area contributed by atoms with Crippen LogP contribution in [0.3, 0.4) is 0 Å². The van der Waals surface area contributed by atoms with E-state index >= 15 is 0 Å². The molecule has 0 N–H and O–H groups in total. The average molecular weight is 206 g/mol. The fourth-order valence-corrected chi connectivity index (χ4v) is 2.88. The summed E-state index contributed by atoms with van der Waals surface area (Å²) in [7, 11) is 0. The Morgan fingerprint density at radius 2 is 2.00 bits per heavy atom. The van der Waals surface area contributed by atoms with E-state index in [1.54, 1.807) is 5.56 Å². The normalized spacial score (nSPS) is 16.5. The van der Waals surface area contributed by atoms with Gasteiger partial charge in [0.1, 0.15) is 0 Å². The van der Waals surface area contributed by atoms with Crippen LogP contribution in [0.2, 0.25) is 0 Å². The molecule has 1 aromatic carbocycles. The molecule has 0 bridgehead atoms. The average Bonchev–Trinajstić information content (AvgIpc) is 2.16.